The Bertz CT molecular complexity index is 955. The molecule has 0 radical (unpaired) electrons. The predicted molar refractivity (Wildman–Crippen MR) is 120 cm³/mol. The van der Waals surface area contributed by atoms with E-state index in [2.05, 4.69) is 30.8 Å². The molecule has 32 heavy (non-hydrogen) atoms. The van der Waals surface area contributed by atoms with Crippen LogP contribution in [0.15, 0.2) is 12.4 Å². The summed E-state index contributed by atoms with van der Waals surface area (Å²) in [6, 6.07) is -0.675. The molecule has 172 valence electrons. The van der Waals surface area contributed by atoms with Crippen molar-refractivity contribution in [2.75, 3.05) is 5.32 Å². The quantitative estimate of drug-likeness (QED) is 0.603. The number of carbonyl (C=O) groups excluding carboxylic acids is 2. The highest BCUT2D eigenvalue weighted by atomic mass is 16.6. The molecule has 9 nitrogen and oxygen atoms in total. The van der Waals surface area contributed by atoms with Crippen LogP contribution in [-0.4, -0.2) is 43.8 Å². The van der Waals surface area contributed by atoms with Crippen LogP contribution in [0.2, 0.25) is 0 Å². The van der Waals surface area contributed by atoms with Gasteiger partial charge in [0.15, 0.2) is 0 Å². The van der Waals surface area contributed by atoms with E-state index in [0.29, 0.717) is 11.8 Å². The molecule has 0 bridgehead atoms. The van der Waals surface area contributed by atoms with Crippen molar-refractivity contribution < 1.29 is 14.3 Å². The summed E-state index contributed by atoms with van der Waals surface area (Å²) < 4.78 is 5.43. The third kappa shape index (κ3) is 5.26. The Balaban J connectivity index is 1.50. The number of ether oxygens (including phenoxy) is 1. The molecule has 3 N–H and O–H groups in total. The maximum atomic E-state index is 13.3. The van der Waals surface area contributed by atoms with Crippen molar-refractivity contribution in [2.24, 2.45) is 17.8 Å². The molecule has 2 fully saturated rings. The van der Waals surface area contributed by atoms with Gasteiger partial charge in [-0.05, 0) is 78.1 Å². The summed E-state index contributed by atoms with van der Waals surface area (Å²) in [5.74, 6) is 0.937. The summed E-state index contributed by atoms with van der Waals surface area (Å²) in [4.78, 5) is 34.4. The zero-order valence-corrected chi connectivity index (χ0v) is 19.4. The Morgan fingerprint density at radius 3 is 2.16 bits per heavy atom. The first-order valence-electron chi connectivity index (χ1n) is 11.3. The van der Waals surface area contributed by atoms with Crippen molar-refractivity contribution in [3.63, 3.8) is 0 Å². The number of alkyl carbamates (subject to hydrolysis) is 1. The number of amides is 2. The second kappa shape index (κ2) is 8.52. The van der Waals surface area contributed by atoms with Gasteiger partial charge < -0.3 is 10.1 Å². The van der Waals surface area contributed by atoms with E-state index in [9.17, 15) is 9.59 Å². The van der Waals surface area contributed by atoms with Gasteiger partial charge in [-0.1, -0.05) is 0 Å². The molecule has 2 saturated carbocycles. The normalized spacial score (nSPS) is 17.2. The molecule has 2 aliphatic rings. The standard InChI is InChI=1S/C23H32N6O3/c1-12-17(13(2)29-28-12)16-10-24-21(25-11-16)27-20(30)19(26-22(31)32-23(3,4)5)18(14-6-7-14)15-8-9-15/h10-11,14-15,18-19H,6-9H2,1-5H3,(H,26,31)(H,28,29)(H,24,25,27,30). The molecule has 2 aliphatic carbocycles. The van der Waals surface area contributed by atoms with Gasteiger partial charge in [0, 0.05) is 29.2 Å². The first kappa shape index (κ1) is 22.2. The Labute approximate surface area is 188 Å². The molecule has 2 aromatic rings. The van der Waals surface area contributed by atoms with Crippen LogP contribution in [0.4, 0.5) is 10.7 Å². The molecule has 4 rings (SSSR count). The van der Waals surface area contributed by atoms with E-state index >= 15 is 0 Å². The van der Waals surface area contributed by atoms with Crippen molar-refractivity contribution in [2.45, 2.75) is 71.9 Å². The number of anilines is 1. The molecular weight excluding hydrogens is 408 g/mol. The Kier molecular flexibility index (Phi) is 5.92. The van der Waals surface area contributed by atoms with E-state index in [1.807, 2.05) is 13.8 Å². The topological polar surface area (TPSA) is 122 Å². The average molecular weight is 441 g/mol. The number of nitrogens with one attached hydrogen (secondary N) is 3. The van der Waals surface area contributed by atoms with Gasteiger partial charge in [0.05, 0.1) is 5.69 Å². The Morgan fingerprint density at radius 1 is 1.09 bits per heavy atom. The Hall–Kier alpha value is -2.97. The summed E-state index contributed by atoms with van der Waals surface area (Å²) >= 11 is 0. The first-order valence-corrected chi connectivity index (χ1v) is 11.3. The SMILES string of the molecule is Cc1n[nH]c(C)c1-c1cnc(NC(=O)C(NC(=O)OC(C)(C)C)C(C2CC2)C2CC2)nc1. The van der Waals surface area contributed by atoms with E-state index in [1.54, 1.807) is 33.2 Å². The average Bonchev–Trinajstić information content (AvgIpc) is 3.62. The monoisotopic (exact) mass is 440 g/mol. The highest BCUT2D eigenvalue weighted by Crippen LogP contribution is 2.50. The predicted octanol–water partition coefficient (Wildman–Crippen LogP) is 3.75. The molecule has 1 unspecified atom stereocenters. The lowest BCUT2D eigenvalue weighted by Gasteiger charge is -2.28. The molecule has 0 spiro atoms. The van der Waals surface area contributed by atoms with Gasteiger partial charge in [-0.15, -0.1) is 0 Å². The van der Waals surface area contributed by atoms with Gasteiger partial charge in [0.25, 0.3) is 0 Å². The molecule has 0 aliphatic heterocycles. The fraction of sp³-hybridized carbons (Fsp3) is 0.609. The summed E-state index contributed by atoms with van der Waals surface area (Å²) in [5.41, 5.74) is 2.93. The third-order valence-corrected chi connectivity index (χ3v) is 5.98. The lowest BCUT2D eigenvalue weighted by atomic mass is 9.89. The van der Waals surface area contributed by atoms with E-state index in [4.69, 9.17) is 4.74 Å². The third-order valence-electron chi connectivity index (χ3n) is 5.98. The smallest absolute Gasteiger partial charge is 0.408 e. The maximum absolute atomic E-state index is 13.3. The summed E-state index contributed by atoms with van der Waals surface area (Å²) in [6.45, 7) is 9.27. The summed E-state index contributed by atoms with van der Waals surface area (Å²) in [6.07, 6.45) is 7.13. The number of nitrogens with zero attached hydrogens (tertiary/aromatic N) is 3. The lowest BCUT2D eigenvalue weighted by Crippen LogP contribution is -2.51. The molecule has 9 heteroatoms. The molecular formula is C23H32N6O3. The molecule has 0 saturated heterocycles. The fourth-order valence-corrected chi connectivity index (χ4v) is 4.35. The second-order valence-electron chi connectivity index (χ2n) is 9.97. The molecule has 2 heterocycles. The Morgan fingerprint density at radius 2 is 1.69 bits per heavy atom. The van der Waals surface area contributed by atoms with Crippen molar-refractivity contribution in [1.29, 1.82) is 0 Å². The summed E-state index contributed by atoms with van der Waals surface area (Å²) in [5, 5.41) is 12.8. The van der Waals surface area contributed by atoms with Crippen molar-refractivity contribution >= 4 is 17.9 Å². The van der Waals surface area contributed by atoms with Crippen LogP contribution in [0.3, 0.4) is 0 Å². The molecule has 0 aromatic carbocycles. The van der Waals surface area contributed by atoms with Crippen LogP contribution in [0.5, 0.6) is 0 Å². The minimum atomic E-state index is -0.675. The number of aryl methyl sites for hydroxylation is 2. The maximum Gasteiger partial charge on any atom is 0.408 e. The van der Waals surface area contributed by atoms with Crippen LogP contribution >= 0.6 is 0 Å². The van der Waals surface area contributed by atoms with Gasteiger partial charge in [0.2, 0.25) is 11.9 Å². The van der Waals surface area contributed by atoms with Crippen LogP contribution in [-0.2, 0) is 9.53 Å². The number of hydrogen-bond acceptors (Lipinski definition) is 6. The first-order chi connectivity index (χ1) is 15.1. The lowest BCUT2D eigenvalue weighted by molar-refractivity contribution is -0.120. The van der Waals surface area contributed by atoms with Crippen LogP contribution in [0.25, 0.3) is 11.1 Å². The van der Waals surface area contributed by atoms with E-state index in [-0.39, 0.29) is 17.8 Å². The molecule has 2 aromatic heterocycles. The second-order valence-corrected chi connectivity index (χ2v) is 9.97. The van der Waals surface area contributed by atoms with Crippen molar-refractivity contribution in [3.8, 4) is 11.1 Å². The van der Waals surface area contributed by atoms with Gasteiger partial charge in [-0.2, -0.15) is 5.10 Å². The number of aromatic nitrogens is 4. The largest absolute Gasteiger partial charge is 0.444 e. The minimum absolute atomic E-state index is 0.109. The fourth-order valence-electron chi connectivity index (χ4n) is 4.35. The highest BCUT2D eigenvalue weighted by molar-refractivity contribution is 5.95. The van der Waals surface area contributed by atoms with Crippen LogP contribution in [0, 0.1) is 31.6 Å². The number of aromatic amines is 1. The van der Waals surface area contributed by atoms with Gasteiger partial charge >= 0.3 is 6.09 Å². The van der Waals surface area contributed by atoms with Gasteiger partial charge in [-0.3, -0.25) is 15.2 Å². The van der Waals surface area contributed by atoms with Crippen LogP contribution < -0.4 is 10.6 Å². The molecule has 1 atom stereocenters. The number of hydrogen-bond donors (Lipinski definition) is 3. The number of carbonyl (C=O) groups is 2. The van der Waals surface area contributed by atoms with E-state index in [0.717, 1.165) is 48.2 Å². The van der Waals surface area contributed by atoms with E-state index < -0.39 is 17.7 Å². The highest BCUT2D eigenvalue weighted by Gasteiger charge is 2.48. The van der Waals surface area contributed by atoms with Crippen LogP contribution in [0.1, 0.15) is 57.8 Å². The number of rotatable bonds is 7. The van der Waals surface area contributed by atoms with Gasteiger partial charge in [0.1, 0.15) is 11.6 Å². The zero-order valence-electron chi connectivity index (χ0n) is 19.4. The summed E-state index contributed by atoms with van der Waals surface area (Å²) in [7, 11) is 0. The van der Waals surface area contributed by atoms with E-state index in [1.165, 1.54) is 0 Å². The molecule has 2 amide bonds. The minimum Gasteiger partial charge on any atom is -0.444 e. The number of H-pyrrole nitrogens is 1. The zero-order chi connectivity index (χ0) is 23.0. The van der Waals surface area contributed by atoms with Crippen molar-refractivity contribution in [1.82, 2.24) is 25.5 Å². The van der Waals surface area contributed by atoms with Crippen molar-refractivity contribution in [3.05, 3.63) is 23.8 Å². The van der Waals surface area contributed by atoms with Gasteiger partial charge in [-0.25, -0.2) is 14.8 Å².